The second kappa shape index (κ2) is 3.97. The molecule has 0 saturated heterocycles. The molecule has 0 amide bonds. The van der Waals surface area contributed by atoms with E-state index in [2.05, 4.69) is 53.0 Å². The summed E-state index contributed by atoms with van der Waals surface area (Å²) in [6, 6.07) is 0. The van der Waals surface area contributed by atoms with E-state index < -0.39 is 0 Å². The van der Waals surface area contributed by atoms with Crippen molar-refractivity contribution in [2.24, 2.45) is 10.8 Å². The van der Waals surface area contributed by atoms with Gasteiger partial charge < -0.3 is 0 Å². The van der Waals surface area contributed by atoms with E-state index in [4.69, 9.17) is 0 Å². The Bertz CT molecular complexity index is 272. The molecule has 1 heterocycles. The van der Waals surface area contributed by atoms with Crippen molar-refractivity contribution >= 4 is 23.5 Å². The summed E-state index contributed by atoms with van der Waals surface area (Å²) in [6.07, 6.45) is 2.36. The second-order valence-electron chi connectivity index (χ2n) is 5.78. The quantitative estimate of drug-likeness (QED) is 0.556. The fourth-order valence-corrected chi connectivity index (χ4v) is 3.89. The minimum atomic E-state index is 0.288. The van der Waals surface area contributed by atoms with Crippen molar-refractivity contribution in [1.29, 1.82) is 0 Å². The van der Waals surface area contributed by atoms with Crippen LogP contribution in [0, 0.1) is 10.8 Å². The van der Waals surface area contributed by atoms with Crippen molar-refractivity contribution in [3.63, 3.8) is 0 Å². The van der Waals surface area contributed by atoms with Crippen LogP contribution < -0.4 is 0 Å². The van der Waals surface area contributed by atoms with Gasteiger partial charge in [-0.3, -0.25) is 0 Å². The Kier molecular flexibility index (Phi) is 3.48. The first kappa shape index (κ1) is 12.3. The highest BCUT2D eigenvalue weighted by Gasteiger charge is 2.24. The van der Waals surface area contributed by atoms with E-state index in [9.17, 15) is 0 Å². The molecule has 0 bridgehead atoms. The Morgan fingerprint density at radius 2 is 1.64 bits per heavy atom. The lowest BCUT2D eigenvalue weighted by Gasteiger charge is -2.19. The third kappa shape index (κ3) is 3.74. The highest BCUT2D eigenvalue weighted by atomic mass is 32.2. The Morgan fingerprint density at radius 3 is 2.00 bits per heavy atom. The zero-order valence-corrected chi connectivity index (χ0v) is 11.6. The van der Waals surface area contributed by atoms with Gasteiger partial charge in [-0.1, -0.05) is 71.1 Å². The Labute approximate surface area is 96.6 Å². The number of thioether (sulfide) groups is 2. The molecule has 1 aliphatic rings. The van der Waals surface area contributed by atoms with Gasteiger partial charge in [0, 0.05) is 9.14 Å². The van der Waals surface area contributed by atoms with Gasteiger partial charge in [-0.2, -0.15) is 0 Å². The molecular weight excluding hydrogens is 208 g/mol. The zero-order chi connectivity index (χ0) is 11.0. The fraction of sp³-hybridized carbons (Fsp3) is 0.667. The van der Waals surface area contributed by atoms with Gasteiger partial charge >= 0.3 is 0 Å². The molecule has 0 nitrogen and oxygen atoms in total. The minimum Gasteiger partial charge on any atom is -0.0902 e. The van der Waals surface area contributed by atoms with Crippen molar-refractivity contribution < 1.29 is 0 Å². The van der Waals surface area contributed by atoms with Crippen LogP contribution in [-0.4, -0.2) is 0 Å². The molecule has 1 rings (SSSR count). The summed E-state index contributed by atoms with van der Waals surface area (Å²) in [6.45, 7) is 13.5. The molecule has 0 aromatic carbocycles. The largest absolute Gasteiger partial charge is 0.0902 e. The predicted molar refractivity (Wildman–Crippen MR) is 70.3 cm³/mol. The minimum absolute atomic E-state index is 0.288. The molecule has 0 aromatic heterocycles. The van der Waals surface area contributed by atoms with E-state index in [0.29, 0.717) is 5.41 Å². The average molecular weight is 228 g/mol. The van der Waals surface area contributed by atoms with Gasteiger partial charge in [-0.25, -0.2) is 0 Å². The lowest BCUT2D eigenvalue weighted by atomic mass is 9.97. The molecule has 0 N–H and O–H groups in total. The maximum absolute atomic E-state index is 2.36. The van der Waals surface area contributed by atoms with E-state index in [1.165, 1.54) is 9.14 Å². The zero-order valence-electron chi connectivity index (χ0n) is 9.97. The first-order valence-electron chi connectivity index (χ1n) is 4.96. The summed E-state index contributed by atoms with van der Waals surface area (Å²) in [7, 11) is 0. The van der Waals surface area contributed by atoms with Gasteiger partial charge in [-0.15, -0.1) is 0 Å². The highest BCUT2D eigenvalue weighted by Crippen LogP contribution is 2.51. The van der Waals surface area contributed by atoms with Gasteiger partial charge in [0.1, 0.15) is 0 Å². The van der Waals surface area contributed by atoms with Crippen LogP contribution in [-0.2, 0) is 0 Å². The summed E-state index contributed by atoms with van der Waals surface area (Å²) < 4.78 is 1.43. The fourth-order valence-electron chi connectivity index (χ4n) is 1.01. The third-order valence-corrected chi connectivity index (χ3v) is 4.44. The first-order chi connectivity index (χ1) is 6.18. The molecule has 0 unspecified atom stereocenters. The molecule has 0 atom stereocenters. The Morgan fingerprint density at radius 1 is 1.07 bits per heavy atom. The molecule has 0 fully saturated rings. The summed E-state index contributed by atoms with van der Waals surface area (Å²) in [5.41, 5.74) is 0.585. The maximum Gasteiger partial charge on any atom is 0.0455 e. The molecule has 14 heavy (non-hydrogen) atoms. The van der Waals surface area contributed by atoms with E-state index in [-0.39, 0.29) is 5.41 Å². The lowest BCUT2D eigenvalue weighted by Crippen LogP contribution is -2.04. The smallest absolute Gasteiger partial charge is 0.0455 e. The van der Waals surface area contributed by atoms with Crippen LogP contribution in [0.5, 0.6) is 0 Å². The van der Waals surface area contributed by atoms with Crippen LogP contribution in [0.25, 0.3) is 0 Å². The monoisotopic (exact) mass is 228 g/mol. The molecule has 1 aliphatic heterocycles. The Balaban J connectivity index is 2.69. The molecule has 0 saturated carbocycles. The maximum atomic E-state index is 2.36. The lowest BCUT2D eigenvalue weighted by molar-refractivity contribution is 0.534. The van der Waals surface area contributed by atoms with Gasteiger partial charge in [0.05, 0.1) is 0 Å². The van der Waals surface area contributed by atoms with Crippen LogP contribution >= 0.6 is 23.5 Å². The predicted octanol–water partition coefficient (Wildman–Crippen LogP) is 5.24. The van der Waals surface area contributed by atoms with Crippen LogP contribution in [0.4, 0.5) is 0 Å². The normalized spacial score (nSPS) is 21.6. The second-order valence-corrected chi connectivity index (χ2v) is 8.03. The molecule has 0 spiro atoms. The van der Waals surface area contributed by atoms with Crippen molar-refractivity contribution in [2.45, 2.75) is 41.5 Å². The molecule has 0 aliphatic carbocycles. The molecule has 80 valence electrons. The SMILES string of the molecule is CC(C)(C)/C=C1\SC=C(C(C)(C)C)S1. The summed E-state index contributed by atoms with van der Waals surface area (Å²) in [5, 5.41) is 2.29. The summed E-state index contributed by atoms with van der Waals surface area (Å²) in [5.74, 6) is 0. The van der Waals surface area contributed by atoms with Gasteiger partial charge in [0.2, 0.25) is 0 Å². The van der Waals surface area contributed by atoms with E-state index in [1.54, 1.807) is 0 Å². The topological polar surface area (TPSA) is 0 Å². The van der Waals surface area contributed by atoms with Crippen molar-refractivity contribution in [3.05, 3.63) is 20.6 Å². The van der Waals surface area contributed by atoms with E-state index in [1.807, 2.05) is 23.5 Å². The number of rotatable bonds is 0. The van der Waals surface area contributed by atoms with Gasteiger partial charge in [0.25, 0.3) is 0 Å². The van der Waals surface area contributed by atoms with Gasteiger partial charge in [-0.05, 0) is 16.2 Å². The molecular formula is C12H20S2. The third-order valence-electron chi connectivity index (χ3n) is 1.78. The standard InChI is InChI=1S/C12H20S2/c1-11(2,3)7-10-13-8-9(14-10)12(4,5)6/h7-8H,1-6H3/b10-7+. The Hall–Kier alpha value is 0.180. The van der Waals surface area contributed by atoms with Crippen molar-refractivity contribution in [1.82, 2.24) is 0 Å². The van der Waals surface area contributed by atoms with Crippen LogP contribution in [0.1, 0.15) is 41.5 Å². The first-order valence-corrected chi connectivity index (χ1v) is 6.66. The van der Waals surface area contributed by atoms with Crippen LogP contribution in [0.2, 0.25) is 0 Å². The van der Waals surface area contributed by atoms with Crippen LogP contribution in [0.3, 0.4) is 0 Å². The van der Waals surface area contributed by atoms with Crippen molar-refractivity contribution in [3.8, 4) is 0 Å². The number of allylic oxidation sites excluding steroid dienone is 2. The summed E-state index contributed by atoms with van der Waals surface area (Å²) in [4.78, 5) is 1.48. The molecule has 0 aromatic rings. The van der Waals surface area contributed by atoms with E-state index >= 15 is 0 Å². The van der Waals surface area contributed by atoms with Crippen LogP contribution in [0.15, 0.2) is 20.6 Å². The van der Waals surface area contributed by atoms with Gasteiger partial charge in [0.15, 0.2) is 0 Å². The molecule has 2 heteroatoms. The summed E-state index contributed by atoms with van der Waals surface area (Å²) >= 11 is 3.80. The van der Waals surface area contributed by atoms with E-state index in [0.717, 1.165) is 0 Å². The van der Waals surface area contributed by atoms with Crippen molar-refractivity contribution in [2.75, 3.05) is 0 Å². The molecule has 0 radical (unpaired) electrons. The highest BCUT2D eigenvalue weighted by molar-refractivity contribution is 8.28. The average Bonchev–Trinajstić information content (AvgIpc) is 2.29. The number of hydrogen-bond acceptors (Lipinski definition) is 2. The number of hydrogen-bond donors (Lipinski definition) is 0.